The second-order valence-corrected chi connectivity index (χ2v) is 5.48. The number of rotatable bonds is 6. The Morgan fingerprint density at radius 3 is 2.86 bits per heavy atom. The van der Waals surface area contributed by atoms with Gasteiger partial charge in [-0.3, -0.25) is 4.99 Å². The van der Waals surface area contributed by atoms with Crippen LogP contribution >= 0.6 is 0 Å². The summed E-state index contributed by atoms with van der Waals surface area (Å²) in [5.41, 5.74) is 1.33. The smallest absolute Gasteiger partial charge is 0.341 e. The maximum Gasteiger partial charge on any atom is 0.341 e. The first kappa shape index (κ1) is 15.4. The summed E-state index contributed by atoms with van der Waals surface area (Å²) in [6.45, 7) is 5.88. The van der Waals surface area contributed by atoms with E-state index in [0.717, 1.165) is 24.9 Å². The van der Waals surface area contributed by atoms with E-state index in [1.807, 2.05) is 19.9 Å². The lowest BCUT2D eigenvalue weighted by Gasteiger charge is -2.24. The minimum absolute atomic E-state index is 0.0843. The molecule has 0 amide bonds. The number of hydrogen-bond acceptors (Lipinski definition) is 4. The Morgan fingerprint density at radius 2 is 2.24 bits per heavy atom. The number of aliphatic imine (C=N–C) groups is 1. The fourth-order valence-corrected chi connectivity index (χ4v) is 2.35. The molecular weight excluding hydrogens is 268 g/mol. The number of carbonyl (C=O) groups is 1. The Kier molecular flexibility index (Phi) is 4.83. The van der Waals surface area contributed by atoms with Crippen LogP contribution in [0.4, 0.5) is 11.4 Å². The monoisotopic (exact) mass is 290 g/mol. The molecule has 0 radical (unpaired) electrons. The molecule has 0 aromatic heterocycles. The van der Waals surface area contributed by atoms with Gasteiger partial charge in [-0.2, -0.15) is 0 Å². The first-order chi connectivity index (χ1) is 10.0. The van der Waals surface area contributed by atoms with Crippen LogP contribution in [0.5, 0.6) is 5.75 Å². The Morgan fingerprint density at radius 1 is 1.48 bits per heavy atom. The lowest BCUT2D eigenvalue weighted by atomic mass is 10.0. The van der Waals surface area contributed by atoms with Gasteiger partial charge < -0.3 is 15.2 Å². The van der Waals surface area contributed by atoms with Crippen LogP contribution in [0, 0.1) is 0 Å². The van der Waals surface area contributed by atoms with Crippen molar-refractivity contribution in [2.75, 3.05) is 5.32 Å². The van der Waals surface area contributed by atoms with Gasteiger partial charge in [0.05, 0.1) is 17.8 Å². The molecular formula is C16H22N2O3. The average molecular weight is 290 g/mol. The van der Waals surface area contributed by atoms with Crippen molar-refractivity contribution in [2.45, 2.75) is 52.2 Å². The average Bonchev–Trinajstić information content (AvgIpc) is 2.43. The molecule has 1 heterocycles. The van der Waals surface area contributed by atoms with E-state index in [2.05, 4.69) is 17.2 Å². The zero-order chi connectivity index (χ0) is 15.4. The second kappa shape index (κ2) is 6.61. The zero-order valence-electron chi connectivity index (χ0n) is 12.7. The van der Waals surface area contributed by atoms with Crippen molar-refractivity contribution in [3.8, 4) is 5.75 Å². The van der Waals surface area contributed by atoms with Gasteiger partial charge in [0.2, 0.25) is 0 Å². The summed E-state index contributed by atoms with van der Waals surface area (Å²) in [6, 6.07) is 3.71. The van der Waals surface area contributed by atoms with Gasteiger partial charge >= 0.3 is 5.97 Å². The van der Waals surface area contributed by atoms with Crippen LogP contribution in [0.15, 0.2) is 17.1 Å². The molecule has 1 aromatic rings. The van der Waals surface area contributed by atoms with Crippen molar-refractivity contribution < 1.29 is 14.6 Å². The van der Waals surface area contributed by atoms with Crippen molar-refractivity contribution in [1.82, 2.24) is 0 Å². The van der Waals surface area contributed by atoms with E-state index in [1.165, 1.54) is 0 Å². The summed E-state index contributed by atoms with van der Waals surface area (Å²) < 4.78 is 5.58. The normalized spacial score (nSPS) is 16.5. The quantitative estimate of drug-likeness (QED) is 0.834. The molecule has 1 unspecified atom stereocenters. The lowest BCUT2D eigenvalue weighted by Crippen LogP contribution is -2.24. The number of nitrogens with one attached hydrogen (secondary N) is 1. The van der Waals surface area contributed by atoms with E-state index in [-0.39, 0.29) is 17.7 Å². The highest BCUT2D eigenvalue weighted by Crippen LogP contribution is 2.38. The number of aromatic carboxylic acids is 1. The first-order valence-electron chi connectivity index (χ1n) is 7.40. The molecule has 1 atom stereocenters. The number of unbranched alkanes of at least 4 members (excludes halogenated alkanes) is 1. The maximum atomic E-state index is 11.5. The highest BCUT2D eigenvalue weighted by molar-refractivity contribution is 6.02. The summed E-state index contributed by atoms with van der Waals surface area (Å²) in [5.74, 6) is -0.657. The molecule has 0 aliphatic carbocycles. The van der Waals surface area contributed by atoms with Crippen molar-refractivity contribution >= 4 is 23.6 Å². The summed E-state index contributed by atoms with van der Waals surface area (Å²) in [5, 5.41) is 12.8. The number of hydrogen-bond donors (Lipinski definition) is 2. The molecule has 5 heteroatoms. The van der Waals surface area contributed by atoms with Crippen molar-refractivity contribution in [3.63, 3.8) is 0 Å². The van der Waals surface area contributed by atoms with E-state index in [9.17, 15) is 9.90 Å². The van der Waals surface area contributed by atoms with E-state index >= 15 is 0 Å². The summed E-state index contributed by atoms with van der Waals surface area (Å²) >= 11 is 0. The molecule has 1 aromatic carbocycles. The van der Waals surface area contributed by atoms with Crippen LogP contribution in [0.3, 0.4) is 0 Å². The van der Waals surface area contributed by atoms with E-state index in [0.29, 0.717) is 11.4 Å². The van der Waals surface area contributed by atoms with Crippen LogP contribution in [0.25, 0.3) is 0 Å². The number of ether oxygens (including phenoxy) is 1. The minimum Gasteiger partial charge on any atom is -0.490 e. The number of carboxylic acids is 1. The standard InChI is InChI=1S/C16H22N2O3/c1-4-5-6-11-9-17-15-12(18-11)7-8-13(21-10(2)3)14(15)16(19)20/h7-11,18H,4-6H2,1-3H3,(H,19,20). The third-order valence-corrected chi connectivity index (χ3v) is 3.31. The largest absolute Gasteiger partial charge is 0.490 e. The summed E-state index contributed by atoms with van der Waals surface area (Å²) in [4.78, 5) is 15.9. The van der Waals surface area contributed by atoms with Crippen LogP contribution in [0.2, 0.25) is 0 Å². The molecule has 21 heavy (non-hydrogen) atoms. The van der Waals surface area contributed by atoms with Crippen molar-refractivity contribution in [2.24, 2.45) is 4.99 Å². The highest BCUT2D eigenvalue weighted by atomic mass is 16.5. The zero-order valence-corrected chi connectivity index (χ0v) is 12.7. The van der Waals surface area contributed by atoms with Crippen molar-refractivity contribution in [3.05, 3.63) is 17.7 Å². The molecule has 0 fully saturated rings. The summed E-state index contributed by atoms with van der Waals surface area (Å²) in [6.07, 6.45) is 4.94. The molecule has 0 bridgehead atoms. The maximum absolute atomic E-state index is 11.5. The second-order valence-electron chi connectivity index (χ2n) is 5.48. The first-order valence-corrected chi connectivity index (χ1v) is 7.40. The Hall–Kier alpha value is -2.04. The number of anilines is 1. The molecule has 2 rings (SSSR count). The van der Waals surface area contributed by atoms with Crippen LogP contribution in [0.1, 0.15) is 50.4 Å². The topological polar surface area (TPSA) is 70.9 Å². The van der Waals surface area contributed by atoms with Gasteiger partial charge in [-0.05, 0) is 32.4 Å². The molecule has 1 aliphatic heterocycles. The van der Waals surface area contributed by atoms with Crippen molar-refractivity contribution in [1.29, 1.82) is 0 Å². The van der Waals surface area contributed by atoms with Crippen LogP contribution < -0.4 is 10.1 Å². The van der Waals surface area contributed by atoms with Gasteiger partial charge in [0, 0.05) is 6.21 Å². The minimum atomic E-state index is -1.02. The highest BCUT2D eigenvalue weighted by Gasteiger charge is 2.24. The van der Waals surface area contributed by atoms with Gasteiger partial charge in [-0.15, -0.1) is 0 Å². The lowest BCUT2D eigenvalue weighted by molar-refractivity contribution is 0.0691. The van der Waals surface area contributed by atoms with E-state index < -0.39 is 5.97 Å². The number of nitrogens with zero attached hydrogens (tertiary/aromatic N) is 1. The van der Waals surface area contributed by atoms with E-state index in [1.54, 1.807) is 12.3 Å². The number of fused-ring (bicyclic) bond motifs is 1. The van der Waals surface area contributed by atoms with Gasteiger partial charge in [-0.25, -0.2) is 4.79 Å². The molecule has 0 spiro atoms. The molecule has 5 nitrogen and oxygen atoms in total. The van der Waals surface area contributed by atoms with Gasteiger partial charge in [0.1, 0.15) is 17.0 Å². The molecule has 1 aliphatic rings. The fraction of sp³-hybridized carbons (Fsp3) is 0.500. The molecule has 0 saturated carbocycles. The Balaban J connectivity index is 2.34. The molecule has 2 N–H and O–H groups in total. The van der Waals surface area contributed by atoms with Gasteiger partial charge in [0.25, 0.3) is 0 Å². The Labute approximate surface area is 125 Å². The fourth-order valence-electron chi connectivity index (χ4n) is 2.35. The summed E-state index contributed by atoms with van der Waals surface area (Å²) in [7, 11) is 0. The predicted octanol–water partition coefficient (Wildman–Crippen LogP) is 3.86. The SMILES string of the molecule is CCCCC1C=Nc2c(ccc(OC(C)C)c2C(=O)O)N1. The predicted molar refractivity (Wildman–Crippen MR) is 84.3 cm³/mol. The van der Waals surface area contributed by atoms with Gasteiger partial charge in [-0.1, -0.05) is 19.8 Å². The molecule has 0 saturated heterocycles. The number of carboxylic acid groups (broad SMARTS) is 1. The third-order valence-electron chi connectivity index (χ3n) is 3.31. The third kappa shape index (κ3) is 3.54. The van der Waals surface area contributed by atoms with Crippen LogP contribution in [-0.2, 0) is 0 Å². The van der Waals surface area contributed by atoms with Gasteiger partial charge in [0.15, 0.2) is 0 Å². The van der Waals surface area contributed by atoms with Crippen LogP contribution in [-0.4, -0.2) is 29.4 Å². The number of benzene rings is 1. The Bertz CT molecular complexity index is 553. The molecule has 114 valence electrons. The van der Waals surface area contributed by atoms with E-state index in [4.69, 9.17) is 4.74 Å².